The van der Waals surface area contributed by atoms with E-state index < -0.39 is 0 Å². The summed E-state index contributed by atoms with van der Waals surface area (Å²) in [6.45, 7) is 0. The van der Waals surface area contributed by atoms with Crippen LogP contribution in [0.2, 0.25) is 0 Å². The molecule has 1 unspecified atom stereocenters. The van der Waals surface area contributed by atoms with Crippen LogP contribution in [-0.2, 0) is 17.0 Å². The smallest absolute Gasteiger partial charge is 0.230 e. The number of thioether (sulfide) groups is 1. The lowest BCUT2D eigenvalue weighted by Gasteiger charge is -2.19. The van der Waals surface area contributed by atoms with Gasteiger partial charge < -0.3 is 5.32 Å². The summed E-state index contributed by atoms with van der Waals surface area (Å²) >= 11 is 1.59. The van der Waals surface area contributed by atoms with Crippen LogP contribution < -0.4 is 5.32 Å². The van der Waals surface area contributed by atoms with Crippen molar-refractivity contribution in [2.45, 2.75) is 24.6 Å². The van der Waals surface area contributed by atoms with Crippen LogP contribution in [0.1, 0.15) is 29.3 Å². The fourth-order valence-corrected chi connectivity index (χ4v) is 3.68. The number of nitrogens with zero attached hydrogens (tertiary/aromatic N) is 1. The number of carbonyl (C=O) groups excluding carboxylic acids is 1. The molecule has 0 saturated carbocycles. The van der Waals surface area contributed by atoms with Crippen molar-refractivity contribution in [2.24, 2.45) is 0 Å². The number of aromatic nitrogens is 1. The first-order chi connectivity index (χ1) is 13.3. The second-order valence-corrected chi connectivity index (χ2v) is 7.35. The first-order valence-electron chi connectivity index (χ1n) is 9.17. The standard InChI is InChI=1S/C23H24N2OS/c26-23(18-27-17-21-13-7-8-16-24-21)25-22(20-11-5-2-6-12-20)15-14-19-9-3-1-4-10-19/h1-13,16,22H,14-15,17-18H2,(H,25,26). The van der Waals surface area contributed by atoms with E-state index in [1.807, 2.05) is 42.5 Å². The Hall–Kier alpha value is -2.59. The third-order valence-corrected chi connectivity index (χ3v) is 5.28. The highest BCUT2D eigenvalue weighted by Gasteiger charge is 2.14. The molecule has 3 aromatic rings. The number of benzene rings is 2. The molecule has 0 radical (unpaired) electrons. The van der Waals surface area contributed by atoms with Gasteiger partial charge in [-0.2, -0.15) is 0 Å². The minimum Gasteiger partial charge on any atom is -0.349 e. The Morgan fingerprint density at radius 1 is 0.926 bits per heavy atom. The quantitative estimate of drug-likeness (QED) is 0.583. The zero-order chi connectivity index (χ0) is 18.7. The van der Waals surface area contributed by atoms with E-state index in [1.165, 1.54) is 5.56 Å². The van der Waals surface area contributed by atoms with Crippen molar-refractivity contribution < 1.29 is 4.79 Å². The van der Waals surface area contributed by atoms with Crippen molar-refractivity contribution in [3.05, 3.63) is 102 Å². The van der Waals surface area contributed by atoms with Gasteiger partial charge in [-0.3, -0.25) is 9.78 Å². The molecule has 1 aromatic heterocycles. The Morgan fingerprint density at radius 3 is 2.33 bits per heavy atom. The van der Waals surface area contributed by atoms with Crippen molar-refractivity contribution in [3.8, 4) is 0 Å². The van der Waals surface area contributed by atoms with Crippen molar-refractivity contribution in [3.63, 3.8) is 0 Å². The van der Waals surface area contributed by atoms with Crippen molar-refractivity contribution in [1.29, 1.82) is 0 Å². The Bertz CT molecular complexity index is 810. The lowest BCUT2D eigenvalue weighted by Crippen LogP contribution is -2.30. The summed E-state index contributed by atoms with van der Waals surface area (Å²) in [4.78, 5) is 16.8. The summed E-state index contributed by atoms with van der Waals surface area (Å²) < 4.78 is 0. The highest BCUT2D eigenvalue weighted by Crippen LogP contribution is 2.20. The molecule has 138 valence electrons. The van der Waals surface area contributed by atoms with E-state index in [4.69, 9.17) is 0 Å². The SMILES string of the molecule is O=C(CSCc1ccccn1)NC(CCc1ccccc1)c1ccccc1. The highest BCUT2D eigenvalue weighted by molar-refractivity contribution is 7.99. The normalized spacial score (nSPS) is 11.7. The molecule has 3 rings (SSSR count). The minimum atomic E-state index is 0.0226. The lowest BCUT2D eigenvalue weighted by atomic mass is 9.99. The van der Waals surface area contributed by atoms with Crippen LogP contribution in [0, 0.1) is 0 Å². The third-order valence-electron chi connectivity index (χ3n) is 4.31. The molecule has 1 atom stereocenters. The Kier molecular flexibility index (Phi) is 7.48. The first-order valence-corrected chi connectivity index (χ1v) is 10.3. The van der Waals surface area contributed by atoms with Crippen LogP contribution in [0.15, 0.2) is 85.1 Å². The number of rotatable bonds is 9. The number of aryl methyl sites for hydroxylation is 1. The maximum Gasteiger partial charge on any atom is 0.230 e. The number of amides is 1. The van der Waals surface area contributed by atoms with Gasteiger partial charge in [0.05, 0.1) is 17.5 Å². The van der Waals surface area contributed by atoms with E-state index in [9.17, 15) is 4.79 Å². The van der Waals surface area contributed by atoms with E-state index in [0.717, 1.165) is 29.9 Å². The number of pyridine rings is 1. The van der Waals surface area contributed by atoms with Gasteiger partial charge in [-0.15, -0.1) is 11.8 Å². The second kappa shape index (κ2) is 10.5. The Balaban J connectivity index is 1.54. The monoisotopic (exact) mass is 376 g/mol. The molecule has 0 saturated heterocycles. The molecule has 1 heterocycles. The number of nitrogens with one attached hydrogen (secondary N) is 1. The topological polar surface area (TPSA) is 42.0 Å². The summed E-state index contributed by atoms with van der Waals surface area (Å²) in [6, 6.07) is 26.5. The van der Waals surface area contributed by atoms with Gasteiger partial charge in [-0.25, -0.2) is 0 Å². The molecule has 0 aliphatic rings. The largest absolute Gasteiger partial charge is 0.349 e. The predicted octanol–water partition coefficient (Wildman–Crippen LogP) is 4.81. The van der Waals surface area contributed by atoms with Crippen LogP contribution in [0.4, 0.5) is 0 Å². The van der Waals surface area contributed by atoms with Gasteiger partial charge in [0.15, 0.2) is 0 Å². The molecule has 1 N–H and O–H groups in total. The fourth-order valence-electron chi connectivity index (χ4n) is 2.93. The average molecular weight is 377 g/mol. The Labute approximate surface area is 165 Å². The van der Waals surface area contributed by atoms with Gasteiger partial charge in [0.1, 0.15) is 0 Å². The van der Waals surface area contributed by atoms with E-state index >= 15 is 0 Å². The predicted molar refractivity (Wildman–Crippen MR) is 112 cm³/mol. The van der Waals surface area contributed by atoms with Crippen LogP contribution in [0.5, 0.6) is 0 Å². The Morgan fingerprint density at radius 2 is 1.63 bits per heavy atom. The van der Waals surface area contributed by atoms with E-state index in [1.54, 1.807) is 18.0 Å². The zero-order valence-electron chi connectivity index (χ0n) is 15.3. The molecule has 27 heavy (non-hydrogen) atoms. The van der Waals surface area contributed by atoms with Crippen LogP contribution >= 0.6 is 11.8 Å². The maximum atomic E-state index is 12.5. The van der Waals surface area contributed by atoms with Gasteiger partial charge in [0, 0.05) is 11.9 Å². The lowest BCUT2D eigenvalue weighted by molar-refractivity contribution is -0.119. The maximum absolute atomic E-state index is 12.5. The summed E-state index contributed by atoms with van der Waals surface area (Å²) in [7, 11) is 0. The molecule has 0 bridgehead atoms. The van der Waals surface area contributed by atoms with Crippen molar-refractivity contribution >= 4 is 17.7 Å². The van der Waals surface area contributed by atoms with E-state index in [2.05, 4.69) is 46.7 Å². The molecular weight excluding hydrogens is 352 g/mol. The number of hydrogen-bond donors (Lipinski definition) is 1. The van der Waals surface area contributed by atoms with Gasteiger partial charge in [-0.1, -0.05) is 66.7 Å². The minimum absolute atomic E-state index is 0.0226. The molecule has 3 nitrogen and oxygen atoms in total. The molecule has 4 heteroatoms. The number of carbonyl (C=O) groups is 1. The third kappa shape index (κ3) is 6.57. The van der Waals surface area contributed by atoms with E-state index in [0.29, 0.717) is 5.75 Å². The average Bonchev–Trinajstić information content (AvgIpc) is 2.73. The molecule has 1 amide bonds. The number of hydrogen-bond acceptors (Lipinski definition) is 3. The van der Waals surface area contributed by atoms with Gasteiger partial charge in [-0.05, 0) is 36.1 Å². The molecule has 2 aromatic carbocycles. The van der Waals surface area contributed by atoms with Crippen LogP contribution in [-0.4, -0.2) is 16.6 Å². The molecule has 0 spiro atoms. The first kappa shape index (κ1) is 19.2. The molecule has 0 fully saturated rings. The van der Waals surface area contributed by atoms with Crippen molar-refractivity contribution in [2.75, 3.05) is 5.75 Å². The van der Waals surface area contributed by atoms with Crippen LogP contribution in [0.25, 0.3) is 0 Å². The van der Waals surface area contributed by atoms with Crippen molar-refractivity contribution in [1.82, 2.24) is 10.3 Å². The second-order valence-electron chi connectivity index (χ2n) is 6.37. The fraction of sp³-hybridized carbons (Fsp3) is 0.217. The molecule has 0 aliphatic carbocycles. The van der Waals surface area contributed by atoms with Gasteiger partial charge >= 0.3 is 0 Å². The summed E-state index contributed by atoms with van der Waals surface area (Å²) in [5.41, 5.74) is 3.44. The van der Waals surface area contributed by atoms with Gasteiger partial charge in [0.25, 0.3) is 0 Å². The van der Waals surface area contributed by atoms with Crippen LogP contribution in [0.3, 0.4) is 0 Å². The molecular formula is C23H24N2OS. The highest BCUT2D eigenvalue weighted by atomic mass is 32.2. The zero-order valence-corrected chi connectivity index (χ0v) is 16.1. The summed E-state index contributed by atoms with van der Waals surface area (Å²) in [5.74, 6) is 1.25. The molecule has 0 aliphatic heterocycles. The summed E-state index contributed by atoms with van der Waals surface area (Å²) in [5, 5.41) is 3.21. The van der Waals surface area contributed by atoms with Gasteiger partial charge in [0.2, 0.25) is 5.91 Å². The van der Waals surface area contributed by atoms with E-state index in [-0.39, 0.29) is 11.9 Å². The summed E-state index contributed by atoms with van der Waals surface area (Å²) in [6.07, 6.45) is 3.59.